The Kier molecular flexibility index (Phi) is 3.39. The highest BCUT2D eigenvalue weighted by Gasteiger charge is 2.24. The zero-order chi connectivity index (χ0) is 13.3. The third kappa shape index (κ3) is 2.53. The second-order valence-corrected chi connectivity index (χ2v) is 7.38. The van der Waals surface area contributed by atoms with Crippen molar-refractivity contribution in [1.29, 1.82) is 0 Å². The van der Waals surface area contributed by atoms with Crippen molar-refractivity contribution in [3.05, 3.63) is 36.1 Å². The quantitative estimate of drug-likeness (QED) is 0.800. The third-order valence-corrected chi connectivity index (χ3v) is 4.62. The average Bonchev–Trinajstić information content (AvgIpc) is 2.71. The summed E-state index contributed by atoms with van der Waals surface area (Å²) in [6.45, 7) is 5.59. The zero-order valence-corrected chi connectivity index (χ0v) is 11.5. The molecule has 1 heterocycles. The smallest absolute Gasteiger partial charge is 0.179 e. The topological polar surface area (TPSA) is 47.3 Å². The first-order valence-corrected chi connectivity index (χ1v) is 7.09. The number of furan rings is 1. The maximum absolute atomic E-state index is 12.1. The van der Waals surface area contributed by atoms with Gasteiger partial charge in [-0.1, -0.05) is 18.2 Å². The van der Waals surface area contributed by atoms with Gasteiger partial charge in [-0.15, -0.1) is 0 Å². The Morgan fingerprint density at radius 1 is 1.28 bits per heavy atom. The van der Waals surface area contributed by atoms with Gasteiger partial charge in [0, 0.05) is 20.9 Å². The van der Waals surface area contributed by atoms with E-state index in [4.69, 9.17) is 4.42 Å². The number of fused-ring (bicyclic) bond motifs is 1. The zero-order valence-electron chi connectivity index (χ0n) is 10.7. The largest absolute Gasteiger partial charge is 0.464 e. The van der Waals surface area contributed by atoms with Crippen LogP contribution in [0.5, 0.6) is 0 Å². The van der Waals surface area contributed by atoms with E-state index in [0.717, 1.165) is 5.39 Å². The summed E-state index contributed by atoms with van der Waals surface area (Å²) in [4.78, 5) is 12.1. The van der Waals surface area contributed by atoms with Crippen LogP contribution in [0.15, 0.2) is 34.9 Å². The molecular weight excluding hydrogens is 248 g/mol. The Morgan fingerprint density at radius 3 is 2.61 bits per heavy atom. The van der Waals surface area contributed by atoms with Gasteiger partial charge in [0.25, 0.3) is 0 Å². The average molecular weight is 264 g/mol. The van der Waals surface area contributed by atoms with E-state index in [0.29, 0.717) is 11.1 Å². The summed E-state index contributed by atoms with van der Waals surface area (Å²) in [6, 6.07) is 7.36. The number of carbonyl (C=O) groups excluding carboxylic acids is 1. The van der Waals surface area contributed by atoms with Crippen LogP contribution in [0.25, 0.3) is 11.0 Å². The van der Waals surface area contributed by atoms with Crippen LogP contribution in [0.2, 0.25) is 0 Å². The fourth-order valence-corrected chi connectivity index (χ4v) is 2.43. The van der Waals surface area contributed by atoms with E-state index >= 15 is 0 Å². The Bertz CT molecular complexity index is 605. The van der Waals surface area contributed by atoms with E-state index in [9.17, 15) is 9.00 Å². The molecule has 0 aliphatic heterocycles. The number of para-hydroxylation sites is 1. The summed E-state index contributed by atoms with van der Waals surface area (Å²) in [6.07, 6.45) is 1.45. The van der Waals surface area contributed by atoms with E-state index in [-0.39, 0.29) is 16.3 Å². The van der Waals surface area contributed by atoms with Crippen LogP contribution < -0.4 is 0 Å². The lowest BCUT2D eigenvalue weighted by Crippen LogP contribution is -2.27. The van der Waals surface area contributed by atoms with Crippen molar-refractivity contribution in [1.82, 2.24) is 0 Å². The highest BCUT2D eigenvalue weighted by molar-refractivity contribution is 7.87. The molecule has 0 saturated heterocycles. The molecule has 1 atom stereocenters. The van der Waals surface area contributed by atoms with Gasteiger partial charge in [-0.2, -0.15) is 0 Å². The molecule has 0 spiro atoms. The summed E-state index contributed by atoms with van der Waals surface area (Å²) < 4.78 is 16.9. The minimum atomic E-state index is -1.19. The molecule has 2 aromatic rings. The molecule has 96 valence electrons. The van der Waals surface area contributed by atoms with Crippen LogP contribution >= 0.6 is 0 Å². The normalized spacial score (nSPS) is 13.7. The van der Waals surface area contributed by atoms with Crippen molar-refractivity contribution in [2.75, 3.05) is 5.75 Å². The van der Waals surface area contributed by atoms with Gasteiger partial charge in [-0.05, 0) is 26.8 Å². The second kappa shape index (κ2) is 4.69. The minimum absolute atomic E-state index is 0.0347. The predicted octanol–water partition coefficient (Wildman–Crippen LogP) is 3.16. The number of benzene rings is 1. The van der Waals surface area contributed by atoms with Crippen LogP contribution in [0.3, 0.4) is 0 Å². The second-order valence-electron chi connectivity index (χ2n) is 5.17. The van der Waals surface area contributed by atoms with Crippen molar-refractivity contribution in [2.24, 2.45) is 0 Å². The number of hydrogen-bond donors (Lipinski definition) is 0. The molecule has 3 nitrogen and oxygen atoms in total. The van der Waals surface area contributed by atoms with Gasteiger partial charge in [-0.3, -0.25) is 9.00 Å². The molecule has 0 N–H and O–H groups in total. The molecule has 0 bridgehead atoms. The molecule has 0 aliphatic carbocycles. The van der Waals surface area contributed by atoms with E-state index in [1.807, 2.05) is 45.0 Å². The van der Waals surface area contributed by atoms with Gasteiger partial charge in [0.1, 0.15) is 11.8 Å². The molecule has 0 fully saturated rings. The Hall–Kier alpha value is -1.42. The van der Waals surface area contributed by atoms with Crippen molar-refractivity contribution in [3.63, 3.8) is 0 Å². The van der Waals surface area contributed by atoms with Crippen LogP contribution in [0.4, 0.5) is 0 Å². The van der Waals surface area contributed by atoms with E-state index < -0.39 is 10.8 Å². The number of Topliss-reactive ketones (excluding diaryl/α,β-unsaturated/α-hetero) is 1. The summed E-state index contributed by atoms with van der Waals surface area (Å²) in [5.74, 6) is -0.0965. The summed E-state index contributed by atoms with van der Waals surface area (Å²) in [7, 11) is -1.19. The Morgan fingerprint density at radius 2 is 1.94 bits per heavy atom. The van der Waals surface area contributed by atoms with Crippen LogP contribution in [0.1, 0.15) is 31.1 Å². The highest BCUT2D eigenvalue weighted by Crippen LogP contribution is 2.22. The third-order valence-electron chi connectivity index (χ3n) is 2.73. The first-order chi connectivity index (χ1) is 8.39. The SMILES string of the molecule is CC(C)(C)S(=O)CC(=O)c1coc2ccccc12. The molecular formula is C14H16O3S. The molecule has 2 rings (SSSR count). The lowest BCUT2D eigenvalue weighted by Gasteiger charge is -2.16. The van der Waals surface area contributed by atoms with Gasteiger partial charge >= 0.3 is 0 Å². The van der Waals surface area contributed by atoms with Crippen LogP contribution in [-0.2, 0) is 10.8 Å². The van der Waals surface area contributed by atoms with Crippen molar-refractivity contribution in [2.45, 2.75) is 25.5 Å². The predicted molar refractivity (Wildman–Crippen MR) is 73.3 cm³/mol. The van der Waals surface area contributed by atoms with Crippen molar-refractivity contribution >= 4 is 27.6 Å². The maximum atomic E-state index is 12.1. The number of carbonyl (C=O) groups is 1. The van der Waals surface area contributed by atoms with E-state index in [1.165, 1.54) is 6.26 Å². The Labute approximate surface area is 109 Å². The van der Waals surface area contributed by atoms with Gasteiger partial charge in [0.15, 0.2) is 5.78 Å². The molecule has 1 unspecified atom stereocenters. The molecule has 1 aromatic carbocycles. The van der Waals surface area contributed by atoms with E-state index in [1.54, 1.807) is 0 Å². The molecule has 0 amide bonds. The van der Waals surface area contributed by atoms with Crippen molar-refractivity contribution < 1.29 is 13.4 Å². The van der Waals surface area contributed by atoms with Gasteiger partial charge in [0.05, 0.1) is 11.3 Å². The molecule has 0 aliphatic rings. The maximum Gasteiger partial charge on any atom is 0.179 e. The van der Waals surface area contributed by atoms with Gasteiger partial charge in [0.2, 0.25) is 0 Å². The van der Waals surface area contributed by atoms with Gasteiger partial charge < -0.3 is 4.42 Å². The molecule has 0 radical (unpaired) electrons. The highest BCUT2D eigenvalue weighted by atomic mass is 32.2. The monoisotopic (exact) mass is 264 g/mol. The van der Waals surface area contributed by atoms with Crippen molar-refractivity contribution in [3.8, 4) is 0 Å². The number of rotatable bonds is 3. The fourth-order valence-electron chi connectivity index (χ4n) is 1.61. The Balaban J connectivity index is 2.27. The first-order valence-electron chi connectivity index (χ1n) is 5.77. The van der Waals surface area contributed by atoms with Crippen LogP contribution in [0, 0.1) is 0 Å². The molecule has 0 saturated carbocycles. The molecule has 1 aromatic heterocycles. The lowest BCUT2D eigenvalue weighted by atomic mass is 10.1. The molecule has 4 heteroatoms. The minimum Gasteiger partial charge on any atom is -0.464 e. The first kappa shape index (κ1) is 13.0. The summed E-state index contributed by atoms with van der Waals surface area (Å²) >= 11 is 0. The number of ketones is 1. The summed E-state index contributed by atoms with van der Waals surface area (Å²) in [5, 5.41) is 0.786. The number of hydrogen-bond acceptors (Lipinski definition) is 3. The fraction of sp³-hybridized carbons (Fsp3) is 0.357. The molecule has 18 heavy (non-hydrogen) atoms. The standard InChI is InChI=1S/C14H16O3S/c1-14(2,3)18(16)9-12(15)11-8-17-13-7-5-4-6-10(11)13/h4-8H,9H2,1-3H3. The van der Waals surface area contributed by atoms with Crippen LogP contribution in [-0.4, -0.2) is 20.5 Å². The lowest BCUT2D eigenvalue weighted by molar-refractivity contribution is 0.102. The summed E-state index contributed by atoms with van der Waals surface area (Å²) in [5.41, 5.74) is 1.20. The van der Waals surface area contributed by atoms with Gasteiger partial charge in [-0.25, -0.2) is 0 Å². The van der Waals surface area contributed by atoms with E-state index in [2.05, 4.69) is 0 Å².